The van der Waals surface area contributed by atoms with Crippen molar-refractivity contribution in [3.8, 4) is 5.75 Å². The normalized spacial score (nSPS) is 17.9. The predicted octanol–water partition coefficient (Wildman–Crippen LogP) is 2.68. The average molecular weight is 278 g/mol. The summed E-state index contributed by atoms with van der Waals surface area (Å²) in [5, 5.41) is 13.6. The molecule has 112 valence electrons. The zero-order valence-electron chi connectivity index (χ0n) is 12.7. The molecule has 1 atom stereocenters. The number of phenols is 1. The first-order chi connectivity index (χ1) is 9.63. The zero-order valence-corrected chi connectivity index (χ0v) is 12.7. The minimum atomic E-state index is 0.169. The zero-order chi connectivity index (χ0) is 14.5. The van der Waals surface area contributed by atoms with Crippen LogP contribution in [0.4, 0.5) is 5.69 Å². The van der Waals surface area contributed by atoms with E-state index in [0.29, 0.717) is 11.8 Å². The third-order valence-corrected chi connectivity index (χ3v) is 4.14. The van der Waals surface area contributed by atoms with Crippen molar-refractivity contribution in [2.45, 2.75) is 38.8 Å². The van der Waals surface area contributed by atoms with E-state index in [1.165, 1.54) is 0 Å². The lowest BCUT2D eigenvalue weighted by molar-refractivity contribution is 0.0855. The number of benzene rings is 1. The van der Waals surface area contributed by atoms with E-state index in [0.717, 1.165) is 43.9 Å². The number of anilines is 1. The minimum Gasteiger partial charge on any atom is -0.508 e. The Morgan fingerprint density at radius 2 is 2.10 bits per heavy atom. The Kier molecular flexibility index (Phi) is 5.26. The van der Waals surface area contributed by atoms with E-state index in [9.17, 15) is 5.11 Å². The summed E-state index contributed by atoms with van der Waals surface area (Å²) in [7, 11) is 2.10. The van der Waals surface area contributed by atoms with Crippen molar-refractivity contribution >= 4 is 5.69 Å². The maximum atomic E-state index is 10.2. The molecule has 4 nitrogen and oxygen atoms in total. The van der Waals surface area contributed by atoms with Crippen LogP contribution in [0.2, 0.25) is 0 Å². The van der Waals surface area contributed by atoms with E-state index in [4.69, 9.17) is 4.74 Å². The van der Waals surface area contributed by atoms with E-state index >= 15 is 0 Å². The van der Waals surface area contributed by atoms with Gasteiger partial charge in [0.2, 0.25) is 0 Å². The Labute approximate surface area is 121 Å². The predicted molar refractivity (Wildman–Crippen MR) is 82.4 cm³/mol. The number of rotatable bonds is 5. The molecule has 2 rings (SSSR count). The summed E-state index contributed by atoms with van der Waals surface area (Å²) in [5.74, 6) is 0.370. The number of hydrogen-bond donors (Lipinski definition) is 2. The first-order valence-corrected chi connectivity index (χ1v) is 7.50. The van der Waals surface area contributed by atoms with Crippen molar-refractivity contribution in [2.24, 2.45) is 0 Å². The summed E-state index contributed by atoms with van der Waals surface area (Å²) in [5.41, 5.74) is 2.03. The monoisotopic (exact) mass is 278 g/mol. The van der Waals surface area contributed by atoms with Crippen molar-refractivity contribution in [2.75, 3.05) is 31.7 Å². The van der Waals surface area contributed by atoms with Gasteiger partial charge in [0.1, 0.15) is 5.75 Å². The van der Waals surface area contributed by atoms with Gasteiger partial charge in [-0.3, -0.25) is 0 Å². The fourth-order valence-electron chi connectivity index (χ4n) is 2.82. The molecule has 2 N–H and O–H groups in total. The minimum absolute atomic E-state index is 0.169. The van der Waals surface area contributed by atoms with Crippen molar-refractivity contribution in [1.29, 1.82) is 0 Å². The highest BCUT2D eigenvalue weighted by molar-refractivity contribution is 5.54. The summed E-state index contributed by atoms with van der Waals surface area (Å²) in [4.78, 5) is 2.25. The molecule has 1 fully saturated rings. The molecule has 0 bridgehead atoms. The maximum absolute atomic E-state index is 10.2. The topological polar surface area (TPSA) is 44.7 Å². The molecular formula is C16H26N2O2. The van der Waals surface area contributed by atoms with Crippen LogP contribution in [0.3, 0.4) is 0 Å². The van der Waals surface area contributed by atoms with Crippen molar-refractivity contribution in [1.82, 2.24) is 5.32 Å². The van der Waals surface area contributed by atoms with Crippen LogP contribution >= 0.6 is 0 Å². The highest BCUT2D eigenvalue weighted by Crippen LogP contribution is 2.30. The number of ether oxygens (including phenoxy) is 1. The van der Waals surface area contributed by atoms with E-state index in [2.05, 4.69) is 37.2 Å². The lowest BCUT2D eigenvalue weighted by atomic mass is 10.0. The average Bonchev–Trinajstić information content (AvgIpc) is 2.47. The van der Waals surface area contributed by atoms with Crippen LogP contribution in [0, 0.1) is 0 Å². The van der Waals surface area contributed by atoms with Gasteiger partial charge in [-0.1, -0.05) is 13.0 Å². The first kappa shape index (κ1) is 15.1. The van der Waals surface area contributed by atoms with Crippen LogP contribution in [-0.4, -0.2) is 38.0 Å². The molecule has 0 radical (unpaired) electrons. The molecule has 0 amide bonds. The van der Waals surface area contributed by atoms with Gasteiger partial charge in [-0.25, -0.2) is 0 Å². The highest BCUT2D eigenvalue weighted by atomic mass is 16.5. The number of hydrogen-bond acceptors (Lipinski definition) is 4. The van der Waals surface area contributed by atoms with E-state index in [1.54, 1.807) is 0 Å². The van der Waals surface area contributed by atoms with Crippen LogP contribution in [0.1, 0.15) is 38.3 Å². The molecular weight excluding hydrogens is 252 g/mol. The van der Waals surface area contributed by atoms with Crippen LogP contribution < -0.4 is 10.2 Å². The van der Waals surface area contributed by atoms with Gasteiger partial charge in [-0.2, -0.15) is 0 Å². The van der Waals surface area contributed by atoms with Gasteiger partial charge in [0.15, 0.2) is 0 Å². The van der Waals surface area contributed by atoms with Gasteiger partial charge in [0, 0.05) is 49.7 Å². The molecule has 1 unspecified atom stereocenters. The fraction of sp³-hybridized carbons (Fsp3) is 0.625. The molecule has 20 heavy (non-hydrogen) atoms. The standard InChI is InChI=1S/C16H26N2O2/c1-4-17-12(2)15-6-5-14(11-16(15)19)18(3)13-7-9-20-10-8-13/h5-6,11-13,17,19H,4,7-10H2,1-3H3. The smallest absolute Gasteiger partial charge is 0.122 e. The molecule has 1 aliphatic heterocycles. The van der Waals surface area contributed by atoms with Gasteiger partial charge >= 0.3 is 0 Å². The molecule has 0 saturated carbocycles. The summed E-state index contributed by atoms with van der Waals surface area (Å²) in [6.45, 7) is 6.69. The molecule has 1 aromatic carbocycles. The SMILES string of the molecule is CCNC(C)c1ccc(N(C)C2CCOCC2)cc1O. The van der Waals surface area contributed by atoms with Crippen molar-refractivity contribution < 1.29 is 9.84 Å². The van der Waals surface area contributed by atoms with Gasteiger partial charge in [-0.05, 0) is 32.4 Å². The number of nitrogens with one attached hydrogen (secondary N) is 1. The highest BCUT2D eigenvalue weighted by Gasteiger charge is 2.20. The molecule has 0 aliphatic carbocycles. The molecule has 1 saturated heterocycles. The number of nitrogens with zero attached hydrogens (tertiary/aromatic N) is 1. The lowest BCUT2D eigenvalue weighted by Gasteiger charge is -2.33. The van der Waals surface area contributed by atoms with Crippen molar-refractivity contribution in [3.63, 3.8) is 0 Å². The van der Waals surface area contributed by atoms with Gasteiger partial charge in [0.25, 0.3) is 0 Å². The Balaban J connectivity index is 2.11. The summed E-state index contributed by atoms with van der Waals surface area (Å²) in [6.07, 6.45) is 2.10. The molecule has 1 heterocycles. The quantitative estimate of drug-likeness (QED) is 0.869. The summed E-state index contributed by atoms with van der Waals surface area (Å²) < 4.78 is 5.40. The van der Waals surface area contributed by atoms with E-state index < -0.39 is 0 Å². The number of aromatic hydroxyl groups is 1. The largest absolute Gasteiger partial charge is 0.508 e. The van der Waals surface area contributed by atoms with E-state index in [-0.39, 0.29) is 6.04 Å². The third kappa shape index (κ3) is 3.44. The molecule has 0 spiro atoms. The molecule has 0 aromatic heterocycles. The second kappa shape index (κ2) is 6.95. The van der Waals surface area contributed by atoms with Crippen LogP contribution in [0.25, 0.3) is 0 Å². The second-order valence-corrected chi connectivity index (χ2v) is 5.48. The van der Waals surface area contributed by atoms with Crippen LogP contribution in [-0.2, 0) is 4.74 Å². The number of phenolic OH excluding ortho intramolecular Hbond substituents is 1. The van der Waals surface area contributed by atoms with E-state index in [1.807, 2.05) is 12.1 Å². The van der Waals surface area contributed by atoms with Crippen LogP contribution in [0.15, 0.2) is 18.2 Å². The van der Waals surface area contributed by atoms with Gasteiger partial charge < -0.3 is 20.1 Å². The Morgan fingerprint density at radius 1 is 1.40 bits per heavy atom. The Hall–Kier alpha value is -1.26. The third-order valence-electron chi connectivity index (χ3n) is 4.14. The van der Waals surface area contributed by atoms with Gasteiger partial charge in [0.05, 0.1) is 0 Å². The Bertz CT molecular complexity index is 430. The Morgan fingerprint density at radius 3 is 2.70 bits per heavy atom. The van der Waals surface area contributed by atoms with Crippen LogP contribution in [0.5, 0.6) is 5.75 Å². The molecule has 1 aliphatic rings. The van der Waals surface area contributed by atoms with Crippen molar-refractivity contribution in [3.05, 3.63) is 23.8 Å². The fourth-order valence-corrected chi connectivity index (χ4v) is 2.82. The van der Waals surface area contributed by atoms with Gasteiger partial charge in [-0.15, -0.1) is 0 Å². The lowest BCUT2D eigenvalue weighted by Crippen LogP contribution is -2.36. The summed E-state index contributed by atoms with van der Waals surface area (Å²) >= 11 is 0. The summed E-state index contributed by atoms with van der Waals surface area (Å²) in [6, 6.07) is 6.66. The maximum Gasteiger partial charge on any atom is 0.122 e. The second-order valence-electron chi connectivity index (χ2n) is 5.48. The molecule has 4 heteroatoms. The first-order valence-electron chi connectivity index (χ1n) is 7.50. The molecule has 1 aromatic rings.